The molecule has 0 heterocycles. The Kier molecular flexibility index (Phi) is 6.30. The fourth-order valence-corrected chi connectivity index (χ4v) is 1.86. The number of amides is 1. The fourth-order valence-electron chi connectivity index (χ4n) is 0.756. The summed E-state index contributed by atoms with van der Waals surface area (Å²) in [7, 11) is -3.38. The number of sulfonamides is 1. The van der Waals surface area contributed by atoms with Gasteiger partial charge in [-0.2, -0.15) is 0 Å². The van der Waals surface area contributed by atoms with E-state index in [-0.39, 0.29) is 10.6 Å². The van der Waals surface area contributed by atoms with E-state index in [1.807, 2.05) is 6.92 Å². The number of hydrogen-bond donors (Lipinski definition) is 2. The first-order chi connectivity index (χ1) is 6.43. The van der Waals surface area contributed by atoms with Gasteiger partial charge in [-0.3, -0.25) is 4.79 Å². The molecule has 0 fully saturated rings. The summed E-state index contributed by atoms with van der Waals surface area (Å²) in [6.07, 6.45) is 0.823. The van der Waals surface area contributed by atoms with E-state index in [0.29, 0.717) is 6.54 Å². The zero-order valence-electron chi connectivity index (χ0n) is 8.21. The number of carbonyl (C=O) groups excluding carboxylic acids is 1. The molecule has 1 amide bonds. The van der Waals surface area contributed by atoms with E-state index < -0.39 is 16.1 Å². The standard InChI is InChI=1S/C7H15BrN2O3S/c1-3-4-9-7(11)6(2)10-14(12,13)5-8/h6,10H,3-5H2,1-2H3,(H,9,11). The van der Waals surface area contributed by atoms with Crippen LogP contribution in [0, 0.1) is 0 Å². The molecule has 0 spiro atoms. The van der Waals surface area contributed by atoms with Crippen molar-refractivity contribution in [1.82, 2.24) is 10.0 Å². The average molecular weight is 287 g/mol. The van der Waals surface area contributed by atoms with Gasteiger partial charge in [-0.15, -0.1) is 0 Å². The fraction of sp³-hybridized carbons (Fsp3) is 0.857. The van der Waals surface area contributed by atoms with Gasteiger partial charge in [0.2, 0.25) is 15.9 Å². The van der Waals surface area contributed by atoms with E-state index in [9.17, 15) is 13.2 Å². The first-order valence-corrected chi connectivity index (χ1v) is 7.04. The van der Waals surface area contributed by atoms with E-state index in [0.717, 1.165) is 6.42 Å². The first-order valence-electron chi connectivity index (χ1n) is 4.26. The molecule has 0 saturated heterocycles. The van der Waals surface area contributed by atoms with Crippen molar-refractivity contribution in [1.29, 1.82) is 0 Å². The molecule has 0 aliphatic heterocycles. The molecular weight excluding hydrogens is 272 g/mol. The quantitative estimate of drug-likeness (QED) is 0.684. The van der Waals surface area contributed by atoms with Gasteiger partial charge in [-0.25, -0.2) is 13.1 Å². The van der Waals surface area contributed by atoms with Gasteiger partial charge in [0.25, 0.3) is 0 Å². The monoisotopic (exact) mass is 286 g/mol. The number of carbonyl (C=O) groups is 1. The Hall–Kier alpha value is -0.140. The van der Waals surface area contributed by atoms with Gasteiger partial charge >= 0.3 is 0 Å². The second kappa shape index (κ2) is 6.36. The largest absolute Gasteiger partial charge is 0.355 e. The molecule has 0 aromatic heterocycles. The second-order valence-corrected chi connectivity index (χ2v) is 5.91. The maximum Gasteiger partial charge on any atom is 0.237 e. The van der Waals surface area contributed by atoms with Crippen molar-refractivity contribution in [2.45, 2.75) is 26.3 Å². The Morgan fingerprint density at radius 1 is 1.50 bits per heavy atom. The van der Waals surface area contributed by atoms with Crippen LogP contribution in [0.3, 0.4) is 0 Å². The molecule has 5 nitrogen and oxygen atoms in total. The maximum absolute atomic E-state index is 11.2. The molecule has 0 aromatic carbocycles. The third-order valence-corrected chi connectivity index (χ3v) is 4.25. The van der Waals surface area contributed by atoms with E-state index in [1.165, 1.54) is 6.92 Å². The molecule has 0 bridgehead atoms. The third kappa shape index (κ3) is 5.56. The zero-order valence-corrected chi connectivity index (χ0v) is 10.6. The highest BCUT2D eigenvalue weighted by atomic mass is 79.9. The summed E-state index contributed by atoms with van der Waals surface area (Å²) in [6, 6.07) is -0.732. The van der Waals surface area contributed by atoms with E-state index in [1.54, 1.807) is 0 Å². The highest BCUT2D eigenvalue weighted by Crippen LogP contribution is 1.94. The lowest BCUT2D eigenvalue weighted by molar-refractivity contribution is -0.122. The molecule has 1 atom stereocenters. The maximum atomic E-state index is 11.2. The van der Waals surface area contributed by atoms with Gasteiger partial charge < -0.3 is 5.32 Å². The molecule has 84 valence electrons. The molecular formula is C7H15BrN2O3S. The zero-order chi connectivity index (χ0) is 11.2. The van der Waals surface area contributed by atoms with Gasteiger partial charge in [-0.1, -0.05) is 22.9 Å². The van der Waals surface area contributed by atoms with E-state index in [4.69, 9.17) is 0 Å². The van der Waals surface area contributed by atoms with Crippen LogP contribution in [0.25, 0.3) is 0 Å². The molecule has 1 unspecified atom stereocenters. The van der Waals surface area contributed by atoms with Crippen LogP contribution < -0.4 is 10.0 Å². The average Bonchev–Trinajstić information content (AvgIpc) is 2.13. The Balaban J connectivity index is 4.08. The van der Waals surface area contributed by atoms with Crippen LogP contribution in [0.1, 0.15) is 20.3 Å². The highest BCUT2D eigenvalue weighted by Gasteiger charge is 2.18. The predicted molar refractivity (Wildman–Crippen MR) is 58.6 cm³/mol. The second-order valence-electron chi connectivity index (χ2n) is 2.85. The number of nitrogens with one attached hydrogen (secondary N) is 2. The lowest BCUT2D eigenvalue weighted by Gasteiger charge is -2.12. The van der Waals surface area contributed by atoms with Crippen molar-refractivity contribution in [3.63, 3.8) is 0 Å². The van der Waals surface area contributed by atoms with Crippen LogP contribution in [0.15, 0.2) is 0 Å². The van der Waals surface area contributed by atoms with Crippen LogP contribution >= 0.6 is 15.9 Å². The SMILES string of the molecule is CCCNC(=O)C(C)NS(=O)(=O)CBr. The molecule has 0 aliphatic carbocycles. The van der Waals surface area contributed by atoms with Crippen molar-refractivity contribution in [3.05, 3.63) is 0 Å². The van der Waals surface area contributed by atoms with Crippen molar-refractivity contribution in [2.75, 3.05) is 11.2 Å². The van der Waals surface area contributed by atoms with Gasteiger partial charge in [0.15, 0.2) is 0 Å². The van der Waals surface area contributed by atoms with Crippen molar-refractivity contribution in [2.24, 2.45) is 0 Å². The van der Waals surface area contributed by atoms with Crippen LogP contribution in [0.4, 0.5) is 0 Å². The Labute approximate surface area is 92.8 Å². The summed E-state index contributed by atoms with van der Waals surface area (Å²) < 4.78 is 24.1. The first kappa shape index (κ1) is 13.9. The molecule has 7 heteroatoms. The van der Waals surface area contributed by atoms with Gasteiger partial charge in [0.05, 0.1) is 6.04 Å². The Morgan fingerprint density at radius 2 is 2.07 bits per heavy atom. The minimum Gasteiger partial charge on any atom is -0.355 e. The summed E-state index contributed by atoms with van der Waals surface area (Å²) in [4.78, 5) is 11.2. The minimum atomic E-state index is -3.38. The summed E-state index contributed by atoms with van der Waals surface area (Å²) >= 11 is 2.82. The highest BCUT2D eigenvalue weighted by molar-refractivity contribution is 9.10. The van der Waals surface area contributed by atoms with Crippen LogP contribution in [0.5, 0.6) is 0 Å². The molecule has 0 aliphatic rings. The smallest absolute Gasteiger partial charge is 0.237 e. The van der Waals surface area contributed by atoms with Crippen LogP contribution in [-0.4, -0.2) is 31.6 Å². The summed E-state index contributed by atoms with van der Waals surface area (Å²) in [5, 5.41) is 2.60. The van der Waals surface area contributed by atoms with E-state index in [2.05, 4.69) is 26.0 Å². The molecule has 0 radical (unpaired) electrons. The molecule has 2 N–H and O–H groups in total. The van der Waals surface area contributed by atoms with E-state index >= 15 is 0 Å². The number of rotatable bonds is 6. The lowest BCUT2D eigenvalue weighted by Crippen LogP contribution is -2.45. The Bertz CT molecular complexity index is 279. The summed E-state index contributed by atoms with van der Waals surface area (Å²) in [6.45, 7) is 3.98. The summed E-state index contributed by atoms with van der Waals surface area (Å²) in [5.41, 5.74) is 0. The number of hydrogen-bond acceptors (Lipinski definition) is 3. The third-order valence-electron chi connectivity index (χ3n) is 1.44. The van der Waals surface area contributed by atoms with Gasteiger partial charge in [0, 0.05) is 6.54 Å². The summed E-state index contributed by atoms with van der Waals surface area (Å²) in [5.74, 6) is -0.309. The number of alkyl halides is 1. The minimum absolute atomic E-state index is 0.203. The normalized spacial score (nSPS) is 13.6. The predicted octanol–water partition coefficient (Wildman–Crippen LogP) is 0.173. The molecule has 0 rings (SSSR count). The van der Waals surface area contributed by atoms with Crippen molar-refractivity contribution in [3.8, 4) is 0 Å². The molecule has 14 heavy (non-hydrogen) atoms. The molecule has 0 saturated carbocycles. The van der Waals surface area contributed by atoms with Crippen LogP contribution in [-0.2, 0) is 14.8 Å². The van der Waals surface area contributed by atoms with Gasteiger partial charge in [-0.05, 0) is 13.3 Å². The number of halogens is 1. The topological polar surface area (TPSA) is 75.3 Å². The van der Waals surface area contributed by atoms with Crippen molar-refractivity contribution < 1.29 is 13.2 Å². The van der Waals surface area contributed by atoms with Crippen molar-refractivity contribution >= 4 is 31.9 Å². The molecule has 0 aromatic rings. The Morgan fingerprint density at radius 3 is 2.50 bits per heavy atom. The van der Waals surface area contributed by atoms with Gasteiger partial charge in [0.1, 0.15) is 4.66 Å². The lowest BCUT2D eigenvalue weighted by atomic mass is 10.3. The van der Waals surface area contributed by atoms with Crippen LogP contribution in [0.2, 0.25) is 0 Å².